The van der Waals surface area contributed by atoms with Gasteiger partial charge in [-0.25, -0.2) is 9.07 Å². The quantitative estimate of drug-likeness (QED) is 0.503. The van der Waals surface area contributed by atoms with Crippen molar-refractivity contribution in [2.75, 3.05) is 45.2 Å². The zero-order valence-electron chi connectivity index (χ0n) is 17.6. The summed E-state index contributed by atoms with van der Waals surface area (Å²) in [5, 5.41) is 5.48. The van der Waals surface area contributed by atoms with Crippen LogP contribution in [0.25, 0.3) is 27.8 Å². The zero-order chi connectivity index (χ0) is 21.4. The molecule has 0 aliphatic carbocycles. The number of piperazine rings is 1. The van der Waals surface area contributed by atoms with E-state index in [4.69, 9.17) is 4.74 Å². The molecule has 1 aliphatic heterocycles. The van der Waals surface area contributed by atoms with Crippen LogP contribution >= 0.6 is 0 Å². The van der Waals surface area contributed by atoms with Gasteiger partial charge in [-0.3, -0.25) is 4.98 Å². The summed E-state index contributed by atoms with van der Waals surface area (Å²) in [6.07, 6.45) is 3.51. The van der Waals surface area contributed by atoms with Gasteiger partial charge in [-0.15, -0.1) is 0 Å². The molecule has 3 heterocycles. The summed E-state index contributed by atoms with van der Waals surface area (Å²) in [5.74, 6) is 0.0873. The first-order valence-corrected chi connectivity index (χ1v) is 10.3. The number of halogens is 1. The second-order valence-corrected chi connectivity index (χ2v) is 7.81. The third-order valence-electron chi connectivity index (χ3n) is 5.85. The fourth-order valence-corrected chi connectivity index (χ4v) is 4.07. The van der Waals surface area contributed by atoms with Crippen LogP contribution in [0.4, 0.5) is 10.1 Å². The van der Waals surface area contributed by atoms with Crippen molar-refractivity contribution in [1.82, 2.24) is 19.7 Å². The Bertz CT molecular complexity index is 1230. The Morgan fingerprint density at radius 3 is 2.52 bits per heavy atom. The second-order valence-electron chi connectivity index (χ2n) is 7.81. The first-order valence-electron chi connectivity index (χ1n) is 10.3. The average Bonchev–Trinajstić information content (AvgIpc) is 3.22. The lowest BCUT2D eigenvalue weighted by atomic mass is 10.1. The predicted molar refractivity (Wildman–Crippen MR) is 121 cm³/mol. The van der Waals surface area contributed by atoms with E-state index in [-0.39, 0.29) is 5.82 Å². The van der Waals surface area contributed by atoms with Gasteiger partial charge in [0.1, 0.15) is 11.6 Å². The van der Waals surface area contributed by atoms with Crippen LogP contribution in [0.1, 0.15) is 0 Å². The van der Waals surface area contributed by atoms with Crippen molar-refractivity contribution in [3.05, 3.63) is 66.7 Å². The third-order valence-corrected chi connectivity index (χ3v) is 5.85. The monoisotopic (exact) mass is 417 g/mol. The van der Waals surface area contributed by atoms with Crippen molar-refractivity contribution >= 4 is 16.6 Å². The number of hydrogen-bond donors (Lipinski definition) is 0. The van der Waals surface area contributed by atoms with Crippen molar-refractivity contribution in [2.45, 2.75) is 0 Å². The van der Waals surface area contributed by atoms with Crippen LogP contribution in [0.5, 0.6) is 5.75 Å². The van der Waals surface area contributed by atoms with E-state index >= 15 is 0 Å². The Morgan fingerprint density at radius 1 is 0.935 bits per heavy atom. The van der Waals surface area contributed by atoms with Gasteiger partial charge in [0, 0.05) is 43.4 Å². The molecular weight excluding hydrogens is 393 g/mol. The summed E-state index contributed by atoms with van der Waals surface area (Å²) < 4.78 is 21.9. The van der Waals surface area contributed by atoms with Crippen molar-refractivity contribution in [1.29, 1.82) is 0 Å². The topological polar surface area (TPSA) is 46.4 Å². The van der Waals surface area contributed by atoms with Crippen LogP contribution in [0.15, 0.2) is 60.9 Å². The van der Waals surface area contributed by atoms with E-state index in [2.05, 4.69) is 45.1 Å². The van der Waals surface area contributed by atoms with Crippen LogP contribution in [0.3, 0.4) is 0 Å². The molecule has 1 saturated heterocycles. The summed E-state index contributed by atoms with van der Waals surface area (Å²) in [7, 11) is 3.69. The lowest BCUT2D eigenvalue weighted by Gasteiger charge is -2.34. The summed E-state index contributed by atoms with van der Waals surface area (Å²) in [5.41, 5.74) is 3.87. The molecule has 0 N–H and O–H groups in total. The summed E-state index contributed by atoms with van der Waals surface area (Å²) in [6, 6.07) is 15.0. The van der Waals surface area contributed by atoms with Gasteiger partial charge >= 0.3 is 0 Å². The fourth-order valence-electron chi connectivity index (χ4n) is 4.07. The van der Waals surface area contributed by atoms with Crippen molar-refractivity contribution in [3.8, 4) is 22.7 Å². The minimum absolute atomic E-state index is 0.353. The molecule has 7 heteroatoms. The minimum atomic E-state index is -0.366. The maximum Gasteiger partial charge on any atom is 0.136 e. The number of benzene rings is 2. The number of rotatable bonds is 4. The van der Waals surface area contributed by atoms with Gasteiger partial charge in [0.05, 0.1) is 35.8 Å². The third kappa shape index (κ3) is 3.61. The van der Waals surface area contributed by atoms with E-state index in [9.17, 15) is 4.39 Å². The Morgan fingerprint density at radius 2 is 1.71 bits per heavy atom. The van der Waals surface area contributed by atoms with Crippen LogP contribution in [-0.2, 0) is 0 Å². The molecule has 31 heavy (non-hydrogen) atoms. The molecule has 0 spiro atoms. The standard InChI is InChI=1S/C24H24FN5O/c1-28-9-11-29(12-10-28)18-5-3-6-19(13-18)30-22-14-21(26-15-17(22)16-27-30)24-20(25)7-4-8-23(24)31-2/h3-8,13-16H,9-12H2,1-2H3. The number of hydrogen-bond acceptors (Lipinski definition) is 5. The molecule has 1 aliphatic rings. The Kier molecular flexibility index (Phi) is 5.03. The highest BCUT2D eigenvalue weighted by molar-refractivity contribution is 5.84. The molecular formula is C24H24FN5O. The molecule has 1 fully saturated rings. The Balaban J connectivity index is 1.56. The highest BCUT2D eigenvalue weighted by Crippen LogP contribution is 2.33. The number of fused-ring (bicyclic) bond motifs is 1. The van der Waals surface area contributed by atoms with E-state index in [0.717, 1.165) is 42.8 Å². The fraction of sp³-hybridized carbons (Fsp3) is 0.250. The zero-order valence-corrected chi connectivity index (χ0v) is 17.6. The van der Waals surface area contributed by atoms with Crippen LogP contribution in [0.2, 0.25) is 0 Å². The van der Waals surface area contributed by atoms with Gasteiger partial charge in [0.15, 0.2) is 0 Å². The highest BCUT2D eigenvalue weighted by Gasteiger charge is 2.17. The average molecular weight is 417 g/mol. The van der Waals surface area contributed by atoms with Crippen LogP contribution < -0.4 is 9.64 Å². The van der Waals surface area contributed by atoms with Gasteiger partial charge in [-0.05, 0) is 43.4 Å². The largest absolute Gasteiger partial charge is 0.496 e. The number of nitrogens with zero attached hydrogens (tertiary/aromatic N) is 5. The number of pyridine rings is 1. The molecule has 0 radical (unpaired) electrons. The molecule has 0 amide bonds. The first-order chi connectivity index (χ1) is 15.1. The summed E-state index contributed by atoms with van der Waals surface area (Å²) >= 11 is 0. The molecule has 158 valence electrons. The smallest absolute Gasteiger partial charge is 0.136 e. The Labute approximate surface area is 180 Å². The molecule has 0 bridgehead atoms. The van der Waals surface area contributed by atoms with Crippen LogP contribution in [0, 0.1) is 5.82 Å². The lowest BCUT2D eigenvalue weighted by molar-refractivity contribution is 0.313. The SMILES string of the molecule is COc1cccc(F)c1-c1cc2c(cn1)cnn2-c1cccc(N2CCN(C)CC2)c1. The maximum atomic E-state index is 14.6. The molecule has 5 rings (SSSR count). The normalized spacial score (nSPS) is 14.9. The van der Waals surface area contributed by atoms with E-state index in [1.165, 1.54) is 18.9 Å². The highest BCUT2D eigenvalue weighted by atomic mass is 19.1. The molecule has 2 aromatic carbocycles. The molecule has 0 unspecified atom stereocenters. The van der Waals surface area contributed by atoms with E-state index in [1.807, 2.05) is 16.8 Å². The summed E-state index contributed by atoms with van der Waals surface area (Å²) in [6.45, 7) is 4.10. The van der Waals surface area contributed by atoms with Gasteiger partial charge in [-0.1, -0.05) is 12.1 Å². The van der Waals surface area contributed by atoms with E-state index < -0.39 is 0 Å². The van der Waals surface area contributed by atoms with Crippen molar-refractivity contribution < 1.29 is 9.13 Å². The number of ether oxygens (including phenoxy) is 1. The van der Waals surface area contributed by atoms with Crippen molar-refractivity contribution in [2.24, 2.45) is 0 Å². The number of anilines is 1. The van der Waals surface area contributed by atoms with E-state index in [0.29, 0.717) is 17.0 Å². The van der Waals surface area contributed by atoms with Crippen LogP contribution in [-0.4, -0.2) is 60.0 Å². The van der Waals surface area contributed by atoms with E-state index in [1.54, 1.807) is 24.5 Å². The minimum Gasteiger partial charge on any atom is -0.496 e. The maximum absolute atomic E-state index is 14.6. The second kappa shape index (κ2) is 8.00. The predicted octanol–water partition coefficient (Wildman–Crippen LogP) is 3.99. The van der Waals surface area contributed by atoms with Crippen molar-refractivity contribution in [3.63, 3.8) is 0 Å². The van der Waals surface area contributed by atoms with Gasteiger partial charge in [0.2, 0.25) is 0 Å². The summed E-state index contributed by atoms with van der Waals surface area (Å²) in [4.78, 5) is 9.20. The lowest BCUT2D eigenvalue weighted by Crippen LogP contribution is -2.44. The molecule has 2 aromatic heterocycles. The molecule has 4 aromatic rings. The van der Waals surface area contributed by atoms with Gasteiger partial charge in [0.25, 0.3) is 0 Å². The van der Waals surface area contributed by atoms with Gasteiger partial charge < -0.3 is 14.5 Å². The first kappa shape index (κ1) is 19.5. The number of methoxy groups -OCH3 is 1. The molecule has 0 atom stereocenters. The molecule has 0 saturated carbocycles. The van der Waals surface area contributed by atoms with Gasteiger partial charge in [-0.2, -0.15) is 5.10 Å². The Hall–Kier alpha value is -3.45. The number of aromatic nitrogens is 3. The number of likely N-dealkylation sites (N-methyl/N-ethyl adjacent to an activating group) is 1. The molecule has 6 nitrogen and oxygen atoms in total.